The summed E-state index contributed by atoms with van der Waals surface area (Å²) in [6.07, 6.45) is 2.24. The van der Waals surface area contributed by atoms with Crippen LogP contribution in [-0.4, -0.2) is 34.6 Å². The lowest BCUT2D eigenvalue weighted by atomic mass is 10.4. The van der Waals surface area contributed by atoms with Crippen LogP contribution in [0.25, 0.3) is 0 Å². The van der Waals surface area contributed by atoms with E-state index < -0.39 is 5.97 Å². The molecule has 0 aromatic carbocycles. The second-order valence-electron chi connectivity index (χ2n) is 3.09. The van der Waals surface area contributed by atoms with Crippen molar-refractivity contribution < 1.29 is 9.90 Å². The summed E-state index contributed by atoms with van der Waals surface area (Å²) in [6, 6.07) is 0. The number of halogens is 1. The van der Waals surface area contributed by atoms with Gasteiger partial charge in [0.1, 0.15) is 0 Å². The van der Waals surface area contributed by atoms with E-state index in [4.69, 9.17) is 16.7 Å². The van der Waals surface area contributed by atoms with Crippen molar-refractivity contribution in [2.45, 2.75) is 13.3 Å². The molecule has 0 atom stereocenters. The molecular formula is C9H12ClN3O2. The molecule has 6 heteroatoms. The molecule has 15 heavy (non-hydrogen) atoms. The van der Waals surface area contributed by atoms with E-state index in [1.165, 1.54) is 6.20 Å². The molecule has 0 spiro atoms. The zero-order chi connectivity index (χ0) is 11.4. The highest BCUT2D eigenvalue weighted by atomic mass is 35.5. The van der Waals surface area contributed by atoms with E-state index in [0.717, 1.165) is 13.0 Å². The number of hydrogen-bond acceptors (Lipinski definition) is 4. The molecule has 82 valence electrons. The molecular weight excluding hydrogens is 218 g/mol. The third-order valence-corrected chi connectivity index (χ3v) is 2.11. The minimum Gasteiger partial charge on any atom is -0.476 e. The van der Waals surface area contributed by atoms with Gasteiger partial charge in [-0.3, -0.25) is 0 Å². The number of hydrogen-bond donors (Lipinski definition) is 1. The quantitative estimate of drug-likeness (QED) is 0.851. The Balaban J connectivity index is 3.02. The van der Waals surface area contributed by atoms with Crippen LogP contribution in [0.5, 0.6) is 0 Å². The number of rotatable bonds is 4. The van der Waals surface area contributed by atoms with Crippen LogP contribution in [0, 0.1) is 0 Å². The average molecular weight is 230 g/mol. The monoisotopic (exact) mass is 229 g/mol. The number of carbonyl (C=O) groups is 1. The molecule has 0 aliphatic heterocycles. The average Bonchev–Trinajstić information content (AvgIpc) is 2.18. The summed E-state index contributed by atoms with van der Waals surface area (Å²) in [4.78, 5) is 20.4. The lowest BCUT2D eigenvalue weighted by Gasteiger charge is -2.15. The molecule has 0 radical (unpaired) electrons. The molecule has 0 saturated heterocycles. The maximum absolute atomic E-state index is 10.8. The van der Waals surface area contributed by atoms with Gasteiger partial charge >= 0.3 is 5.97 Å². The van der Waals surface area contributed by atoms with Gasteiger partial charge in [-0.25, -0.2) is 14.8 Å². The van der Waals surface area contributed by atoms with E-state index in [0.29, 0.717) is 5.95 Å². The van der Waals surface area contributed by atoms with Crippen molar-refractivity contribution in [3.63, 3.8) is 0 Å². The Kier molecular flexibility index (Phi) is 3.85. The van der Waals surface area contributed by atoms with Crippen molar-refractivity contribution in [2.24, 2.45) is 0 Å². The van der Waals surface area contributed by atoms with Crippen molar-refractivity contribution in [1.29, 1.82) is 0 Å². The van der Waals surface area contributed by atoms with Gasteiger partial charge in [-0.05, 0) is 6.42 Å². The summed E-state index contributed by atoms with van der Waals surface area (Å²) in [5, 5.41) is 8.86. The Hall–Kier alpha value is -1.36. The first-order valence-corrected chi connectivity index (χ1v) is 4.91. The van der Waals surface area contributed by atoms with Crippen LogP contribution in [0.15, 0.2) is 6.20 Å². The fourth-order valence-electron chi connectivity index (χ4n) is 1.13. The third kappa shape index (κ3) is 2.79. The van der Waals surface area contributed by atoms with Gasteiger partial charge in [-0.15, -0.1) is 0 Å². The molecule has 0 amide bonds. The summed E-state index contributed by atoms with van der Waals surface area (Å²) in [5.41, 5.74) is -0.162. The Morgan fingerprint density at radius 2 is 2.33 bits per heavy atom. The summed E-state index contributed by atoms with van der Waals surface area (Å²) in [5.74, 6) is -0.771. The Labute approximate surface area is 92.7 Å². The molecule has 1 aromatic heterocycles. The normalized spacial score (nSPS) is 10.1. The third-order valence-electron chi connectivity index (χ3n) is 1.83. The minimum absolute atomic E-state index is 0.0520. The lowest BCUT2D eigenvalue weighted by Crippen LogP contribution is -2.21. The van der Waals surface area contributed by atoms with E-state index >= 15 is 0 Å². The zero-order valence-corrected chi connectivity index (χ0v) is 9.32. The maximum atomic E-state index is 10.8. The van der Waals surface area contributed by atoms with Gasteiger partial charge in [0.2, 0.25) is 5.95 Å². The van der Waals surface area contributed by atoms with Crippen molar-refractivity contribution in [3.05, 3.63) is 16.9 Å². The van der Waals surface area contributed by atoms with Crippen molar-refractivity contribution in [2.75, 3.05) is 18.5 Å². The number of carboxylic acids is 1. The predicted octanol–water partition coefficient (Wildman–Crippen LogP) is 1.67. The van der Waals surface area contributed by atoms with Crippen LogP contribution in [0.4, 0.5) is 5.95 Å². The van der Waals surface area contributed by atoms with Crippen molar-refractivity contribution in [3.8, 4) is 0 Å². The number of nitrogens with zero attached hydrogens (tertiary/aromatic N) is 3. The Morgan fingerprint density at radius 1 is 1.67 bits per heavy atom. The molecule has 0 bridgehead atoms. The van der Waals surface area contributed by atoms with Gasteiger partial charge in [0.05, 0.1) is 11.2 Å². The maximum Gasteiger partial charge on any atom is 0.356 e. The molecule has 1 N–H and O–H groups in total. The summed E-state index contributed by atoms with van der Waals surface area (Å²) in [6.45, 7) is 2.78. The SMILES string of the molecule is CCCN(C)c1ncc(Cl)c(C(=O)O)n1. The van der Waals surface area contributed by atoms with Crippen molar-refractivity contribution in [1.82, 2.24) is 9.97 Å². The summed E-state index contributed by atoms with van der Waals surface area (Å²) >= 11 is 5.65. The van der Waals surface area contributed by atoms with E-state index in [9.17, 15) is 4.79 Å². The van der Waals surface area contributed by atoms with Crippen LogP contribution in [0.1, 0.15) is 23.8 Å². The summed E-state index contributed by atoms with van der Waals surface area (Å²) < 4.78 is 0. The first-order valence-electron chi connectivity index (χ1n) is 4.53. The molecule has 0 unspecified atom stereocenters. The second kappa shape index (κ2) is 4.93. The molecule has 0 saturated carbocycles. The van der Waals surface area contributed by atoms with Gasteiger partial charge in [0.15, 0.2) is 5.69 Å². The molecule has 5 nitrogen and oxygen atoms in total. The van der Waals surface area contributed by atoms with Gasteiger partial charge in [0.25, 0.3) is 0 Å². The molecule has 0 fully saturated rings. The predicted molar refractivity (Wildman–Crippen MR) is 57.6 cm³/mol. The number of carboxylic acid groups (broad SMARTS) is 1. The topological polar surface area (TPSA) is 66.3 Å². The van der Waals surface area contributed by atoms with E-state index in [1.54, 1.807) is 11.9 Å². The number of aromatic nitrogens is 2. The fourth-order valence-corrected chi connectivity index (χ4v) is 1.30. The second-order valence-corrected chi connectivity index (χ2v) is 3.50. The summed E-state index contributed by atoms with van der Waals surface area (Å²) in [7, 11) is 1.80. The van der Waals surface area contributed by atoms with Crippen LogP contribution >= 0.6 is 11.6 Å². The molecule has 0 aliphatic carbocycles. The molecule has 0 aliphatic rings. The Morgan fingerprint density at radius 3 is 2.87 bits per heavy atom. The van der Waals surface area contributed by atoms with Gasteiger partial charge in [-0.2, -0.15) is 0 Å². The molecule has 1 rings (SSSR count). The zero-order valence-electron chi connectivity index (χ0n) is 8.57. The highest BCUT2D eigenvalue weighted by Gasteiger charge is 2.13. The minimum atomic E-state index is -1.14. The number of aromatic carboxylic acids is 1. The molecule has 1 aromatic rings. The van der Waals surface area contributed by atoms with E-state index in [-0.39, 0.29) is 10.7 Å². The smallest absolute Gasteiger partial charge is 0.356 e. The van der Waals surface area contributed by atoms with Crippen LogP contribution < -0.4 is 4.90 Å². The van der Waals surface area contributed by atoms with E-state index in [1.807, 2.05) is 6.92 Å². The van der Waals surface area contributed by atoms with Gasteiger partial charge < -0.3 is 10.0 Å². The van der Waals surface area contributed by atoms with Crippen molar-refractivity contribution >= 4 is 23.5 Å². The highest BCUT2D eigenvalue weighted by Crippen LogP contribution is 2.15. The van der Waals surface area contributed by atoms with Gasteiger partial charge in [0, 0.05) is 13.6 Å². The molecule has 1 heterocycles. The van der Waals surface area contributed by atoms with E-state index in [2.05, 4.69) is 9.97 Å². The van der Waals surface area contributed by atoms with Crippen LogP contribution in [-0.2, 0) is 0 Å². The van der Waals surface area contributed by atoms with Crippen LogP contribution in [0.2, 0.25) is 5.02 Å². The standard InChI is InChI=1S/C9H12ClN3O2/c1-3-4-13(2)9-11-5-6(10)7(12-9)8(14)15/h5H,3-4H2,1-2H3,(H,14,15). The first kappa shape index (κ1) is 11.7. The first-order chi connectivity index (χ1) is 7.06. The van der Waals surface area contributed by atoms with Crippen LogP contribution in [0.3, 0.4) is 0 Å². The lowest BCUT2D eigenvalue weighted by molar-refractivity contribution is 0.0690. The van der Waals surface area contributed by atoms with Gasteiger partial charge in [-0.1, -0.05) is 18.5 Å². The Bertz CT molecular complexity index is 370. The number of anilines is 1. The largest absolute Gasteiger partial charge is 0.476 e. The highest BCUT2D eigenvalue weighted by molar-refractivity contribution is 6.33. The fraction of sp³-hybridized carbons (Fsp3) is 0.444.